The molecule has 1 aliphatic heterocycles. The van der Waals surface area contributed by atoms with Crippen LogP contribution in [0.15, 0.2) is 23.3 Å². The van der Waals surface area contributed by atoms with Gasteiger partial charge in [0.25, 0.3) is 6.43 Å². The number of aliphatic hydroxyl groups is 3. The average molecular weight is 646 g/mol. The summed E-state index contributed by atoms with van der Waals surface area (Å²) in [6, 6.07) is 1.81. The number of hydrogen-bond acceptors (Lipinski definition) is 12. The van der Waals surface area contributed by atoms with Crippen molar-refractivity contribution < 1.29 is 67.3 Å². The molecule has 1 aromatic carbocycles. The zero-order chi connectivity index (χ0) is 33.4. The highest BCUT2D eigenvalue weighted by Gasteiger charge is 2.48. The Balaban J connectivity index is 1.97. The Morgan fingerprint density at radius 1 is 1.09 bits per heavy atom. The number of aliphatic hydroxyl groups excluding tert-OH is 3. The molecule has 1 heterocycles. The van der Waals surface area contributed by atoms with E-state index in [4.69, 9.17) is 40.7 Å². The molecule has 6 N–H and O–H groups in total. The second kappa shape index (κ2) is 19.3. The summed E-state index contributed by atoms with van der Waals surface area (Å²) in [7, 11) is 0. The molecule has 0 spiro atoms. The molecule has 1 aromatic rings. The van der Waals surface area contributed by atoms with Crippen LogP contribution in [0.1, 0.15) is 24.8 Å². The third-order valence-corrected chi connectivity index (χ3v) is 5.99. The zero-order valence-corrected chi connectivity index (χ0v) is 23.7. The van der Waals surface area contributed by atoms with E-state index in [1.165, 1.54) is 0 Å². The van der Waals surface area contributed by atoms with Gasteiger partial charge in [0.1, 0.15) is 43.4 Å². The predicted molar refractivity (Wildman–Crippen MR) is 147 cm³/mol. The lowest BCUT2D eigenvalue weighted by molar-refractivity contribution is -0.271. The first-order valence-corrected chi connectivity index (χ1v) is 13.3. The molecule has 2 amide bonds. The minimum Gasteiger partial charge on any atom is -0.479 e. The highest BCUT2D eigenvalue weighted by Crippen LogP contribution is 2.34. The summed E-state index contributed by atoms with van der Waals surface area (Å²) in [5, 5.41) is 47.1. The second-order valence-electron chi connectivity index (χ2n) is 9.19. The van der Waals surface area contributed by atoms with Crippen molar-refractivity contribution in [1.82, 2.24) is 5.32 Å². The molecule has 1 aliphatic rings. The molecule has 0 radical (unpaired) electrons. The number of carbonyl (C=O) groups excluding carboxylic acids is 2. The van der Waals surface area contributed by atoms with Crippen LogP contribution in [-0.4, -0.2) is 115 Å². The van der Waals surface area contributed by atoms with Gasteiger partial charge in [0.2, 0.25) is 18.1 Å². The van der Waals surface area contributed by atoms with E-state index in [-0.39, 0.29) is 51.7 Å². The van der Waals surface area contributed by atoms with Crippen LogP contribution in [-0.2, 0) is 33.3 Å². The monoisotopic (exact) mass is 645 g/mol. The Morgan fingerprint density at radius 2 is 1.78 bits per heavy atom. The minimum atomic E-state index is -3.19. The lowest BCUT2D eigenvalue weighted by Crippen LogP contribution is -2.61. The molecule has 6 atom stereocenters. The standard InChI is InChI=1S/C26H33F2N5O12/c1-2-3-4-16(32-18(34)12-42-9-7-41-8-10-43-13-30-33-29)24(38)31-14-5-6-17(15(11-14)23(27)28)44-26-21(37)19(35)20(36)22(45-26)25(39)40/h1,5-6,11,16,19-23,26,35-37H,3-4,7-10,12-13H2,(H,31,38)(H,32,34)(H,39,40)/t16?,19-,20-,21+,22-,26+/m1/s1. The van der Waals surface area contributed by atoms with Crippen LogP contribution in [0.4, 0.5) is 14.5 Å². The van der Waals surface area contributed by atoms with Gasteiger partial charge in [-0.1, -0.05) is 5.11 Å². The number of carboxylic acids is 1. The van der Waals surface area contributed by atoms with Gasteiger partial charge in [-0.15, -0.1) is 12.3 Å². The number of nitrogens with zero attached hydrogens (tertiary/aromatic N) is 3. The molecule has 17 nitrogen and oxygen atoms in total. The highest BCUT2D eigenvalue weighted by atomic mass is 19.3. The Kier molecular flexibility index (Phi) is 15.9. The van der Waals surface area contributed by atoms with Gasteiger partial charge in [-0.25, -0.2) is 13.6 Å². The van der Waals surface area contributed by atoms with Crippen LogP contribution in [0.5, 0.6) is 5.75 Å². The van der Waals surface area contributed by atoms with Crippen LogP contribution in [0, 0.1) is 12.3 Å². The maximum absolute atomic E-state index is 13.9. The largest absolute Gasteiger partial charge is 0.479 e. The number of alkyl halides is 2. The number of aliphatic carboxylic acids is 1. The SMILES string of the molecule is C#CCCC(NC(=O)COCCOCCOCN=[N+]=[N-])C(=O)Nc1ccc(O[C@H]2O[C@@H](C(=O)O)[C@H](O)[C@@H](O)[C@@H]2O)c(C(F)F)c1. The summed E-state index contributed by atoms with van der Waals surface area (Å²) in [6.45, 7) is -0.0229. The number of benzene rings is 1. The number of rotatable bonds is 19. The zero-order valence-electron chi connectivity index (χ0n) is 23.7. The number of carboxylic acid groups (broad SMARTS) is 1. The lowest BCUT2D eigenvalue weighted by Gasteiger charge is -2.38. The molecule has 2 rings (SSSR count). The quantitative estimate of drug-likeness (QED) is 0.0384. The molecule has 248 valence electrons. The maximum Gasteiger partial charge on any atom is 0.335 e. The Bertz CT molecular complexity index is 1230. The van der Waals surface area contributed by atoms with Crippen LogP contribution in [0.25, 0.3) is 10.4 Å². The van der Waals surface area contributed by atoms with Gasteiger partial charge in [-0.05, 0) is 30.2 Å². The van der Waals surface area contributed by atoms with E-state index in [1.807, 2.05) is 0 Å². The fourth-order valence-corrected chi connectivity index (χ4v) is 3.77. The van der Waals surface area contributed by atoms with Crippen molar-refractivity contribution in [2.75, 3.05) is 45.1 Å². The van der Waals surface area contributed by atoms with Gasteiger partial charge in [0.05, 0.1) is 32.0 Å². The van der Waals surface area contributed by atoms with E-state index in [2.05, 4.69) is 26.6 Å². The predicted octanol–water partition coefficient (Wildman–Crippen LogP) is 0.0495. The van der Waals surface area contributed by atoms with E-state index >= 15 is 0 Å². The van der Waals surface area contributed by atoms with Crippen molar-refractivity contribution in [3.63, 3.8) is 0 Å². The topological polar surface area (TPSA) is 251 Å². The van der Waals surface area contributed by atoms with Gasteiger partial charge in [0, 0.05) is 17.0 Å². The molecule has 19 heteroatoms. The van der Waals surface area contributed by atoms with Crippen molar-refractivity contribution >= 4 is 23.5 Å². The van der Waals surface area contributed by atoms with E-state index in [1.54, 1.807) is 0 Å². The van der Waals surface area contributed by atoms with Crippen LogP contribution < -0.4 is 15.4 Å². The van der Waals surface area contributed by atoms with Crippen molar-refractivity contribution in [2.45, 2.75) is 56.0 Å². The van der Waals surface area contributed by atoms with Gasteiger partial charge in [0.15, 0.2) is 6.10 Å². The fraction of sp³-hybridized carbons (Fsp3) is 0.577. The number of nitrogens with one attached hydrogen (secondary N) is 2. The summed E-state index contributed by atoms with van der Waals surface area (Å²) in [5.41, 5.74) is 7.20. The fourth-order valence-electron chi connectivity index (χ4n) is 3.77. The minimum absolute atomic E-state index is 0.00571. The van der Waals surface area contributed by atoms with Gasteiger partial charge >= 0.3 is 5.97 Å². The number of carbonyl (C=O) groups is 3. The molecule has 0 saturated carbocycles. The van der Waals surface area contributed by atoms with Crippen molar-refractivity contribution in [3.05, 3.63) is 34.2 Å². The molecular weight excluding hydrogens is 612 g/mol. The molecule has 1 fully saturated rings. The number of ether oxygens (including phenoxy) is 5. The third kappa shape index (κ3) is 12.1. The van der Waals surface area contributed by atoms with Crippen LogP contribution in [0.2, 0.25) is 0 Å². The number of anilines is 1. The normalized spacial score (nSPS) is 21.7. The highest BCUT2D eigenvalue weighted by molar-refractivity contribution is 5.97. The van der Waals surface area contributed by atoms with Gasteiger partial charge in [-0.2, -0.15) is 0 Å². The second-order valence-corrected chi connectivity index (χ2v) is 9.19. The van der Waals surface area contributed by atoms with Crippen molar-refractivity contribution in [1.29, 1.82) is 0 Å². The number of amides is 2. The Labute approximate surface area is 255 Å². The van der Waals surface area contributed by atoms with Crippen molar-refractivity contribution in [3.8, 4) is 18.1 Å². The molecule has 45 heavy (non-hydrogen) atoms. The molecule has 0 aromatic heterocycles. The lowest BCUT2D eigenvalue weighted by atomic mass is 9.99. The molecular formula is C26H33F2N5O12. The smallest absolute Gasteiger partial charge is 0.335 e. The number of hydrogen-bond donors (Lipinski definition) is 6. The summed E-state index contributed by atoms with van der Waals surface area (Å²) in [5.74, 6) is -1.38. The summed E-state index contributed by atoms with van der Waals surface area (Å²) >= 11 is 0. The Morgan fingerprint density at radius 3 is 2.42 bits per heavy atom. The van der Waals surface area contributed by atoms with Crippen LogP contribution >= 0.6 is 0 Å². The summed E-state index contributed by atoms with van der Waals surface area (Å²) in [6.07, 6.45) is -7.79. The first-order chi connectivity index (χ1) is 21.5. The first kappa shape index (κ1) is 37.1. The van der Waals surface area contributed by atoms with Crippen LogP contribution in [0.3, 0.4) is 0 Å². The molecule has 1 saturated heterocycles. The number of halogens is 2. The molecule has 0 bridgehead atoms. The van der Waals surface area contributed by atoms with Gasteiger partial charge < -0.3 is 54.7 Å². The maximum atomic E-state index is 13.9. The van der Waals surface area contributed by atoms with E-state index in [9.17, 15) is 38.5 Å². The molecule has 1 unspecified atom stereocenters. The summed E-state index contributed by atoms with van der Waals surface area (Å²) in [4.78, 5) is 39.1. The number of azide groups is 1. The Hall–Kier alpha value is -4.12. The summed E-state index contributed by atoms with van der Waals surface area (Å²) < 4.78 is 53.4. The third-order valence-electron chi connectivity index (χ3n) is 5.99. The van der Waals surface area contributed by atoms with Gasteiger partial charge in [-0.3, -0.25) is 9.59 Å². The number of terminal acetylenes is 1. The van der Waals surface area contributed by atoms with E-state index < -0.39 is 78.9 Å². The van der Waals surface area contributed by atoms with E-state index in [0.717, 1.165) is 18.2 Å². The van der Waals surface area contributed by atoms with E-state index in [0.29, 0.717) is 0 Å². The van der Waals surface area contributed by atoms with Crippen molar-refractivity contribution in [2.24, 2.45) is 5.11 Å². The average Bonchev–Trinajstić information content (AvgIpc) is 3.00. The first-order valence-electron chi connectivity index (χ1n) is 13.3. The molecule has 0 aliphatic carbocycles.